The number of nitrogens with one attached hydrogen (secondary N) is 1. The molecular formula is C23H27FN2O2. The third-order valence-electron chi connectivity index (χ3n) is 5.47. The van der Waals surface area contributed by atoms with E-state index in [-0.39, 0.29) is 35.5 Å². The minimum atomic E-state index is -0.372. The lowest BCUT2D eigenvalue weighted by Crippen LogP contribution is -2.49. The number of hydrogen-bond acceptors (Lipinski definition) is 2. The predicted octanol–water partition coefficient (Wildman–Crippen LogP) is 3.99. The third-order valence-corrected chi connectivity index (χ3v) is 5.47. The number of carbonyl (C=O) groups excluding carboxylic acids is 2. The lowest BCUT2D eigenvalue weighted by Gasteiger charge is -2.38. The van der Waals surface area contributed by atoms with E-state index in [4.69, 9.17) is 0 Å². The van der Waals surface area contributed by atoms with Crippen molar-refractivity contribution in [1.29, 1.82) is 0 Å². The molecule has 148 valence electrons. The molecule has 1 aliphatic rings. The summed E-state index contributed by atoms with van der Waals surface area (Å²) in [5, 5.41) is 3.05. The maximum atomic E-state index is 13.2. The number of halogens is 1. The second kappa shape index (κ2) is 9.00. The van der Waals surface area contributed by atoms with Crippen LogP contribution in [-0.4, -0.2) is 35.8 Å². The lowest BCUT2D eigenvalue weighted by molar-refractivity contribution is -0.127. The van der Waals surface area contributed by atoms with Crippen LogP contribution >= 0.6 is 0 Å². The number of carbonyl (C=O) groups is 2. The van der Waals surface area contributed by atoms with Crippen molar-refractivity contribution in [1.82, 2.24) is 10.2 Å². The van der Waals surface area contributed by atoms with Gasteiger partial charge in [0.15, 0.2) is 0 Å². The van der Waals surface area contributed by atoms with Gasteiger partial charge in [0.05, 0.1) is 5.92 Å². The molecule has 0 bridgehead atoms. The minimum Gasteiger partial charge on any atom is -0.353 e. The number of likely N-dealkylation sites (tertiary alicyclic amines) is 1. The van der Waals surface area contributed by atoms with Crippen molar-refractivity contribution in [2.24, 2.45) is 5.92 Å². The largest absolute Gasteiger partial charge is 0.353 e. The first-order valence-electron chi connectivity index (χ1n) is 9.88. The van der Waals surface area contributed by atoms with Crippen LogP contribution in [0, 0.1) is 11.7 Å². The molecule has 1 aliphatic heterocycles. The van der Waals surface area contributed by atoms with Gasteiger partial charge in [-0.3, -0.25) is 9.59 Å². The molecule has 3 rings (SSSR count). The van der Waals surface area contributed by atoms with Gasteiger partial charge in [-0.05, 0) is 49.6 Å². The fraction of sp³-hybridized carbons (Fsp3) is 0.391. The summed E-state index contributed by atoms with van der Waals surface area (Å²) >= 11 is 0. The Balaban J connectivity index is 1.83. The zero-order valence-electron chi connectivity index (χ0n) is 16.4. The molecule has 0 spiro atoms. The van der Waals surface area contributed by atoms with Crippen molar-refractivity contribution in [3.8, 4) is 0 Å². The fourth-order valence-corrected chi connectivity index (χ4v) is 3.66. The highest BCUT2D eigenvalue weighted by Crippen LogP contribution is 2.31. The molecule has 3 atom stereocenters. The van der Waals surface area contributed by atoms with E-state index in [2.05, 4.69) is 5.32 Å². The normalized spacial score (nSPS) is 20.5. The molecule has 2 aromatic carbocycles. The monoisotopic (exact) mass is 382 g/mol. The van der Waals surface area contributed by atoms with E-state index < -0.39 is 0 Å². The third kappa shape index (κ3) is 4.77. The number of rotatable bonds is 5. The van der Waals surface area contributed by atoms with Crippen molar-refractivity contribution >= 4 is 11.8 Å². The molecular weight excluding hydrogens is 355 g/mol. The van der Waals surface area contributed by atoms with Crippen LogP contribution in [0.25, 0.3) is 0 Å². The SMILES string of the molecule is CCC(C)NC(=O)C1CC(c2ccccc2)CN(C(=O)c2ccc(F)cc2)C1. The summed E-state index contributed by atoms with van der Waals surface area (Å²) < 4.78 is 13.2. The van der Waals surface area contributed by atoms with Gasteiger partial charge in [-0.2, -0.15) is 0 Å². The molecule has 2 aromatic rings. The van der Waals surface area contributed by atoms with Crippen molar-refractivity contribution in [2.75, 3.05) is 13.1 Å². The lowest BCUT2D eigenvalue weighted by atomic mass is 9.83. The zero-order chi connectivity index (χ0) is 20.1. The molecule has 1 fully saturated rings. The maximum absolute atomic E-state index is 13.2. The van der Waals surface area contributed by atoms with Crippen molar-refractivity contribution in [2.45, 2.75) is 38.6 Å². The van der Waals surface area contributed by atoms with Crippen LogP contribution in [-0.2, 0) is 4.79 Å². The minimum absolute atomic E-state index is 0.00751. The molecule has 4 nitrogen and oxygen atoms in total. The highest BCUT2D eigenvalue weighted by molar-refractivity contribution is 5.94. The molecule has 2 amide bonds. The van der Waals surface area contributed by atoms with Crippen molar-refractivity contribution in [3.05, 3.63) is 71.5 Å². The first-order chi connectivity index (χ1) is 13.5. The Morgan fingerprint density at radius 3 is 2.43 bits per heavy atom. The Bertz CT molecular complexity index is 807. The number of piperidine rings is 1. The van der Waals surface area contributed by atoms with Crippen LogP contribution in [0.1, 0.15) is 48.5 Å². The van der Waals surface area contributed by atoms with Gasteiger partial charge in [0.2, 0.25) is 5.91 Å². The van der Waals surface area contributed by atoms with Crippen molar-refractivity contribution in [3.63, 3.8) is 0 Å². The smallest absolute Gasteiger partial charge is 0.253 e. The summed E-state index contributed by atoms with van der Waals surface area (Å²) in [6, 6.07) is 15.7. The molecule has 0 radical (unpaired) electrons. The fourth-order valence-electron chi connectivity index (χ4n) is 3.66. The van der Waals surface area contributed by atoms with E-state index in [1.165, 1.54) is 24.3 Å². The van der Waals surface area contributed by atoms with E-state index in [1.54, 1.807) is 4.90 Å². The van der Waals surface area contributed by atoms with Gasteiger partial charge in [-0.15, -0.1) is 0 Å². The molecule has 28 heavy (non-hydrogen) atoms. The van der Waals surface area contributed by atoms with Crippen LogP contribution in [0.5, 0.6) is 0 Å². The average Bonchev–Trinajstić information content (AvgIpc) is 2.74. The number of nitrogens with zero attached hydrogens (tertiary/aromatic N) is 1. The van der Waals surface area contributed by atoms with Crippen LogP contribution in [0.4, 0.5) is 4.39 Å². The Morgan fingerprint density at radius 1 is 1.11 bits per heavy atom. The Morgan fingerprint density at radius 2 is 1.79 bits per heavy atom. The molecule has 0 saturated carbocycles. The Labute approximate surface area is 165 Å². The predicted molar refractivity (Wildman–Crippen MR) is 107 cm³/mol. The van der Waals surface area contributed by atoms with Gasteiger partial charge in [0.25, 0.3) is 5.91 Å². The Kier molecular flexibility index (Phi) is 6.45. The second-order valence-electron chi connectivity index (χ2n) is 7.58. The van der Waals surface area contributed by atoms with Crippen LogP contribution in [0.3, 0.4) is 0 Å². The van der Waals surface area contributed by atoms with Gasteiger partial charge < -0.3 is 10.2 Å². The summed E-state index contributed by atoms with van der Waals surface area (Å²) in [7, 11) is 0. The molecule has 0 aliphatic carbocycles. The first kappa shape index (κ1) is 20.1. The summed E-state index contributed by atoms with van der Waals surface area (Å²) in [5.41, 5.74) is 1.57. The van der Waals surface area contributed by atoms with E-state index in [9.17, 15) is 14.0 Å². The molecule has 1 heterocycles. The van der Waals surface area contributed by atoms with E-state index in [1.807, 2.05) is 44.2 Å². The summed E-state index contributed by atoms with van der Waals surface area (Å²) in [4.78, 5) is 27.5. The number of hydrogen-bond donors (Lipinski definition) is 1. The van der Waals surface area contributed by atoms with Gasteiger partial charge in [-0.25, -0.2) is 4.39 Å². The molecule has 0 aromatic heterocycles. The Hall–Kier alpha value is -2.69. The summed E-state index contributed by atoms with van der Waals surface area (Å²) in [6.45, 7) is 4.94. The van der Waals surface area contributed by atoms with Gasteiger partial charge in [0, 0.05) is 30.6 Å². The summed E-state index contributed by atoms with van der Waals surface area (Å²) in [6.07, 6.45) is 1.57. The molecule has 3 unspecified atom stereocenters. The zero-order valence-corrected chi connectivity index (χ0v) is 16.4. The summed E-state index contributed by atoms with van der Waals surface area (Å²) in [5.74, 6) is -0.721. The average molecular weight is 382 g/mol. The van der Waals surface area contributed by atoms with E-state index in [0.29, 0.717) is 25.1 Å². The van der Waals surface area contributed by atoms with Gasteiger partial charge in [0.1, 0.15) is 5.82 Å². The van der Waals surface area contributed by atoms with Crippen LogP contribution < -0.4 is 5.32 Å². The van der Waals surface area contributed by atoms with Crippen molar-refractivity contribution < 1.29 is 14.0 Å². The van der Waals surface area contributed by atoms with Gasteiger partial charge in [-0.1, -0.05) is 37.3 Å². The van der Waals surface area contributed by atoms with E-state index in [0.717, 1.165) is 12.0 Å². The van der Waals surface area contributed by atoms with Crippen LogP contribution in [0.15, 0.2) is 54.6 Å². The first-order valence-corrected chi connectivity index (χ1v) is 9.88. The highest BCUT2D eigenvalue weighted by Gasteiger charge is 2.35. The quantitative estimate of drug-likeness (QED) is 0.850. The molecule has 5 heteroatoms. The van der Waals surface area contributed by atoms with Gasteiger partial charge >= 0.3 is 0 Å². The standard InChI is InChI=1S/C23H27FN2O2/c1-3-16(2)25-22(27)20-13-19(17-7-5-4-6-8-17)14-26(15-20)23(28)18-9-11-21(24)12-10-18/h4-12,16,19-20H,3,13-15H2,1-2H3,(H,25,27). The topological polar surface area (TPSA) is 49.4 Å². The molecule has 1 N–H and O–H groups in total. The van der Waals surface area contributed by atoms with E-state index >= 15 is 0 Å². The number of amides is 2. The second-order valence-corrected chi connectivity index (χ2v) is 7.58. The van der Waals surface area contributed by atoms with Crippen LogP contribution in [0.2, 0.25) is 0 Å². The highest BCUT2D eigenvalue weighted by atomic mass is 19.1. The molecule has 1 saturated heterocycles. The number of benzene rings is 2. The maximum Gasteiger partial charge on any atom is 0.253 e.